The van der Waals surface area contributed by atoms with Crippen LogP contribution in [-0.4, -0.2) is 33.9 Å². The minimum Gasteiger partial charge on any atom is -0.365 e. The van der Waals surface area contributed by atoms with E-state index < -0.39 is 17.2 Å². The molecule has 5 rings (SSSR count). The zero-order valence-corrected chi connectivity index (χ0v) is 20.6. The summed E-state index contributed by atoms with van der Waals surface area (Å²) in [5.41, 5.74) is 3.24. The van der Waals surface area contributed by atoms with E-state index in [9.17, 15) is 13.6 Å². The molecule has 2 aliphatic heterocycles. The molecule has 8 heteroatoms. The lowest BCUT2D eigenvalue weighted by Gasteiger charge is -2.39. The van der Waals surface area contributed by atoms with E-state index in [2.05, 4.69) is 20.2 Å². The number of ether oxygens (including phenoxy) is 1. The Kier molecular flexibility index (Phi) is 6.57. The van der Waals surface area contributed by atoms with Crippen molar-refractivity contribution >= 4 is 5.91 Å². The number of nitrogens with zero attached hydrogens (tertiary/aromatic N) is 3. The Bertz CT molecular complexity index is 1260. The quantitative estimate of drug-likeness (QED) is 0.546. The highest BCUT2D eigenvalue weighted by Gasteiger charge is 2.42. The molecule has 0 bridgehead atoms. The van der Waals surface area contributed by atoms with Crippen LogP contribution in [0.25, 0.3) is 0 Å². The molecule has 1 fully saturated rings. The van der Waals surface area contributed by atoms with Gasteiger partial charge >= 0.3 is 0 Å². The van der Waals surface area contributed by atoms with Crippen molar-refractivity contribution in [2.45, 2.75) is 57.4 Å². The van der Waals surface area contributed by atoms with E-state index in [1.165, 1.54) is 24.1 Å². The Morgan fingerprint density at radius 1 is 1.14 bits per heavy atom. The Labute approximate surface area is 209 Å². The van der Waals surface area contributed by atoms with Crippen LogP contribution in [0.15, 0.2) is 55.0 Å². The van der Waals surface area contributed by atoms with Crippen molar-refractivity contribution in [1.82, 2.24) is 20.2 Å². The largest absolute Gasteiger partial charge is 0.365 e. The smallest absolute Gasteiger partial charge is 0.217 e. The molecule has 3 aromatic rings. The number of hydrogen-bond acceptors (Lipinski definition) is 5. The molecule has 0 saturated carbocycles. The molecule has 6 nitrogen and oxygen atoms in total. The van der Waals surface area contributed by atoms with Crippen LogP contribution in [0.4, 0.5) is 8.78 Å². The second-order valence-corrected chi connectivity index (χ2v) is 9.71. The van der Waals surface area contributed by atoms with Crippen LogP contribution in [0.3, 0.4) is 0 Å². The van der Waals surface area contributed by atoms with Crippen molar-refractivity contribution in [1.29, 1.82) is 0 Å². The Hall–Kier alpha value is -3.23. The van der Waals surface area contributed by atoms with Gasteiger partial charge in [0.15, 0.2) is 11.6 Å². The number of hydrogen-bond donors (Lipinski definition) is 1. The number of amides is 1. The van der Waals surface area contributed by atoms with Gasteiger partial charge in [-0.3, -0.25) is 19.7 Å². The van der Waals surface area contributed by atoms with Crippen molar-refractivity contribution in [3.8, 4) is 0 Å². The summed E-state index contributed by atoms with van der Waals surface area (Å²) in [6.45, 7) is 6.48. The second kappa shape index (κ2) is 9.67. The number of likely N-dealkylation sites (tertiary alicyclic amines) is 1. The van der Waals surface area contributed by atoms with Gasteiger partial charge < -0.3 is 10.1 Å². The molecule has 1 aromatic carbocycles. The van der Waals surface area contributed by atoms with Crippen LogP contribution in [0, 0.1) is 11.6 Å². The summed E-state index contributed by atoms with van der Waals surface area (Å²) < 4.78 is 33.9. The molecule has 2 aromatic heterocycles. The summed E-state index contributed by atoms with van der Waals surface area (Å²) in [5, 5.41) is 2.94. The van der Waals surface area contributed by atoms with E-state index in [1.54, 1.807) is 6.20 Å². The Balaban J connectivity index is 1.32. The number of fused-ring (bicyclic) bond motifs is 2. The number of aromatic nitrogens is 2. The molecule has 0 radical (unpaired) electrons. The number of carbonyl (C=O) groups is 1. The van der Waals surface area contributed by atoms with Crippen LogP contribution in [-0.2, 0) is 33.8 Å². The minimum absolute atomic E-state index is 0.230. The zero-order chi connectivity index (χ0) is 25.3. The first-order valence-electron chi connectivity index (χ1n) is 12.3. The monoisotopic (exact) mass is 492 g/mol. The van der Waals surface area contributed by atoms with Crippen LogP contribution >= 0.6 is 0 Å². The maximum absolute atomic E-state index is 14.1. The van der Waals surface area contributed by atoms with E-state index in [1.807, 2.05) is 37.5 Å². The molecular formula is C28H30F2N4O2. The molecule has 1 amide bonds. The zero-order valence-electron chi connectivity index (χ0n) is 20.6. The van der Waals surface area contributed by atoms with Crippen LogP contribution in [0.2, 0.25) is 0 Å². The average Bonchev–Trinajstić information content (AvgIpc) is 3.24. The molecule has 1 unspecified atom stereocenters. The summed E-state index contributed by atoms with van der Waals surface area (Å²) in [6.07, 6.45) is 7.82. The van der Waals surface area contributed by atoms with Gasteiger partial charge in [-0.05, 0) is 60.2 Å². The molecule has 188 valence electrons. The lowest BCUT2D eigenvalue weighted by atomic mass is 9.83. The molecule has 0 aliphatic carbocycles. The van der Waals surface area contributed by atoms with Crippen LogP contribution in [0.5, 0.6) is 0 Å². The lowest BCUT2D eigenvalue weighted by molar-refractivity contribution is -0.120. The average molecular weight is 493 g/mol. The first-order valence-corrected chi connectivity index (χ1v) is 12.3. The fraction of sp³-hybridized carbons (Fsp3) is 0.393. The van der Waals surface area contributed by atoms with Crippen molar-refractivity contribution in [2.75, 3.05) is 13.1 Å². The lowest BCUT2D eigenvalue weighted by Crippen LogP contribution is -2.46. The third-order valence-electron chi connectivity index (χ3n) is 7.57. The number of rotatable bonds is 6. The highest BCUT2D eigenvalue weighted by molar-refractivity contribution is 5.75. The summed E-state index contributed by atoms with van der Waals surface area (Å²) in [7, 11) is 0. The van der Waals surface area contributed by atoms with Gasteiger partial charge in [-0.1, -0.05) is 19.1 Å². The van der Waals surface area contributed by atoms with Gasteiger partial charge in [0.1, 0.15) is 5.54 Å². The van der Waals surface area contributed by atoms with E-state index in [-0.39, 0.29) is 11.5 Å². The predicted octanol–water partition coefficient (Wildman–Crippen LogP) is 4.57. The van der Waals surface area contributed by atoms with Gasteiger partial charge in [0.05, 0.1) is 17.9 Å². The van der Waals surface area contributed by atoms with Crippen molar-refractivity contribution in [3.63, 3.8) is 0 Å². The van der Waals surface area contributed by atoms with Crippen molar-refractivity contribution < 1.29 is 18.3 Å². The van der Waals surface area contributed by atoms with E-state index in [0.29, 0.717) is 24.3 Å². The predicted molar refractivity (Wildman–Crippen MR) is 131 cm³/mol. The number of piperidine rings is 1. The highest BCUT2D eigenvalue weighted by atomic mass is 19.2. The first kappa shape index (κ1) is 24.5. The third kappa shape index (κ3) is 4.40. The van der Waals surface area contributed by atoms with Gasteiger partial charge in [-0.2, -0.15) is 0 Å². The summed E-state index contributed by atoms with van der Waals surface area (Å²) in [6, 6.07) is 9.61. The third-order valence-corrected chi connectivity index (χ3v) is 7.57. The van der Waals surface area contributed by atoms with Crippen molar-refractivity contribution in [2.24, 2.45) is 0 Å². The second-order valence-electron chi connectivity index (χ2n) is 9.71. The van der Waals surface area contributed by atoms with Gasteiger partial charge in [-0.25, -0.2) is 8.78 Å². The number of carbonyl (C=O) groups excluding carboxylic acids is 1. The summed E-state index contributed by atoms with van der Waals surface area (Å²) in [5.74, 6) is -2.17. The highest BCUT2D eigenvalue weighted by Crippen LogP contribution is 2.43. The first-order chi connectivity index (χ1) is 17.3. The topological polar surface area (TPSA) is 67.4 Å². The number of benzene rings is 1. The standard InChI is InChI=1S/C28H30F2N4O2/c1-3-28(33-19(2)35,22-5-6-24(29)25(30)14-22)26-7-4-20(15-32-26)17-34-12-9-27(10-13-34)23-16-31-11-8-21(23)18-36-27/h4-8,11,14-16H,3,9-10,12-13,17-18H2,1-2H3,(H,33,35). The molecule has 1 N–H and O–H groups in total. The number of pyridine rings is 2. The molecule has 2 aliphatic rings. The van der Waals surface area contributed by atoms with Gasteiger partial charge in [-0.15, -0.1) is 0 Å². The Morgan fingerprint density at radius 2 is 1.94 bits per heavy atom. The number of halogens is 2. The van der Waals surface area contributed by atoms with Crippen LogP contribution < -0.4 is 5.32 Å². The van der Waals surface area contributed by atoms with Gasteiger partial charge in [0.25, 0.3) is 0 Å². The van der Waals surface area contributed by atoms with Gasteiger partial charge in [0.2, 0.25) is 5.91 Å². The fourth-order valence-corrected chi connectivity index (χ4v) is 5.59. The normalized spacial score (nSPS) is 18.6. The SMILES string of the molecule is CCC(NC(C)=O)(c1ccc(F)c(F)c1)c1ccc(CN2CCC3(CC2)OCc2ccncc23)cn1. The minimum atomic E-state index is -1.06. The number of nitrogens with one attached hydrogen (secondary N) is 1. The van der Waals surface area contributed by atoms with E-state index in [4.69, 9.17) is 4.74 Å². The molecule has 4 heterocycles. The fourth-order valence-electron chi connectivity index (χ4n) is 5.59. The van der Waals surface area contributed by atoms with Gasteiger partial charge in [0, 0.05) is 50.7 Å². The Morgan fingerprint density at radius 3 is 2.61 bits per heavy atom. The molecule has 1 spiro atoms. The molecular weight excluding hydrogens is 462 g/mol. The molecule has 36 heavy (non-hydrogen) atoms. The maximum atomic E-state index is 14.1. The summed E-state index contributed by atoms with van der Waals surface area (Å²) >= 11 is 0. The molecule has 1 atom stereocenters. The van der Waals surface area contributed by atoms with Crippen molar-refractivity contribution in [3.05, 3.63) is 94.6 Å². The van der Waals surface area contributed by atoms with Crippen LogP contribution in [0.1, 0.15) is 61.1 Å². The maximum Gasteiger partial charge on any atom is 0.217 e. The van der Waals surface area contributed by atoms with E-state index >= 15 is 0 Å². The summed E-state index contributed by atoms with van der Waals surface area (Å²) in [4.78, 5) is 23.5. The van der Waals surface area contributed by atoms with E-state index in [0.717, 1.165) is 50.2 Å². The molecule has 1 saturated heterocycles.